The summed E-state index contributed by atoms with van der Waals surface area (Å²) in [6.07, 6.45) is 7.18. The highest BCUT2D eigenvalue weighted by molar-refractivity contribution is 5.76. The molecule has 0 heterocycles. The first kappa shape index (κ1) is 17.2. The van der Waals surface area contributed by atoms with E-state index in [1.807, 2.05) is 4.90 Å². The molecule has 1 aromatic carbocycles. The zero-order valence-corrected chi connectivity index (χ0v) is 12.9. The summed E-state index contributed by atoms with van der Waals surface area (Å²) in [5, 5.41) is 2.72. The molecule has 0 spiro atoms. The Morgan fingerprint density at radius 1 is 1.19 bits per heavy atom. The molecule has 0 unspecified atom stereocenters. The third kappa shape index (κ3) is 6.43. The molecule has 116 valence electrons. The van der Waals surface area contributed by atoms with E-state index >= 15 is 0 Å². The van der Waals surface area contributed by atoms with Gasteiger partial charge in [-0.1, -0.05) is 44.9 Å². The van der Waals surface area contributed by atoms with Crippen molar-refractivity contribution in [2.24, 2.45) is 0 Å². The third-order valence-electron chi connectivity index (χ3n) is 3.23. The van der Waals surface area contributed by atoms with Gasteiger partial charge < -0.3 is 10.2 Å². The number of nitrogens with zero attached hydrogens (tertiary/aromatic N) is 1. The van der Waals surface area contributed by atoms with Gasteiger partial charge in [0.2, 0.25) is 0 Å². The minimum absolute atomic E-state index is 0.121. The van der Waals surface area contributed by atoms with E-state index in [0.29, 0.717) is 5.56 Å². The van der Waals surface area contributed by atoms with Crippen LogP contribution in [0, 0.1) is 5.82 Å². The first-order valence-electron chi connectivity index (χ1n) is 7.65. The lowest BCUT2D eigenvalue weighted by molar-refractivity contribution is 0.200. The van der Waals surface area contributed by atoms with Crippen molar-refractivity contribution in [2.75, 3.05) is 13.1 Å². The largest absolute Gasteiger partial charge is 0.325 e. The Morgan fingerprint density at radius 3 is 2.38 bits per heavy atom. The second kappa shape index (κ2) is 9.97. The van der Waals surface area contributed by atoms with Crippen LogP contribution in [0.25, 0.3) is 6.08 Å². The Balaban J connectivity index is 2.54. The van der Waals surface area contributed by atoms with E-state index in [9.17, 15) is 9.18 Å². The topological polar surface area (TPSA) is 32.3 Å². The van der Waals surface area contributed by atoms with Gasteiger partial charge in [-0.25, -0.2) is 9.18 Å². The Morgan fingerprint density at radius 2 is 1.81 bits per heavy atom. The van der Waals surface area contributed by atoms with Gasteiger partial charge in [-0.15, -0.1) is 0 Å². The van der Waals surface area contributed by atoms with E-state index < -0.39 is 0 Å². The van der Waals surface area contributed by atoms with Crippen molar-refractivity contribution in [3.63, 3.8) is 0 Å². The molecular formula is C17H25FN2O. The number of carbonyl (C=O) groups excluding carboxylic acids is 1. The van der Waals surface area contributed by atoms with Crippen LogP contribution in [0.2, 0.25) is 0 Å². The van der Waals surface area contributed by atoms with Crippen molar-refractivity contribution >= 4 is 12.1 Å². The Hall–Kier alpha value is -1.84. The van der Waals surface area contributed by atoms with E-state index in [1.54, 1.807) is 24.3 Å². The molecule has 0 radical (unpaired) electrons. The Labute approximate surface area is 126 Å². The van der Waals surface area contributed by atoms with Crippen molar-refractivity contribution < 1.29 is 9.18 Å². The molecule has 0 atom stereocenters. The van der Waals surface area contributed by atoms with Crippen LogP contribution in [0.3, 0.4) is 0 Å². The SMILES string of the molecule is CCCCN(CCCC)C(=O)N/C=C/c1ccccc1F. The van der Waals surface area contributed by atoms with Gasteiger partial charge in [0.1, 0.15) is 5.82 Å². The Bertz CT molecular complexity index is 452. The van der Waals surface area contributed by atoms with Crippen LogP contribution < -0.4 is 5.32 Å². The summed E-state index contributed by atoms with van der Waals surface area (Å²) in [4.78, 5) is 13.9. The predicted molar refractivity (Wildman–Crippen MR) is 85.4 cm³/mol. The van der Waals surface area contributed by atoms with Gasteiger partial charge in [0, 0.05) is 24.9 Å². The summed E-state index contributed by atoms with van der Waals surface area (Å²) >= 11 is 0. The maximum atomic E-state index is 13.4. The zero-order chi connectivity index (χ0) is 15.5. The van der Waals surface area contributed by atoms with Crippen LogP contribution in [0.5, 0.6) is 0 Å². The lowest BCUT2D eigenvalue weighted by Crippen LogP contribution is -2.38. The lowest BCUT2D eigenvalue weighted by atomic mass is 10.2. The van der Waals surface area contributed by atoms with Crippen LogP contribution in [0.1, 0.15) is 45.1 Å². The molecule has 0 saturated carbocycles. The van der Waals surface area contributed by atoms with Gasteiger partial charge in [0.05, 0.1) is 0 Å². The van der Waals surface area contributed by atoms with Crippen molar-refractivity contribution in [1.82, 2.24) is 10.2 Å². The van der Waals surface area contributed by atoms with Crippen molar-refractivity contribution in [3.05, 3.63) is 41.8 Å². The molecule has 0 fully saturated rings. The van der Waals surface area contributed by atoms with Gasteiger partial charge in [0.25, 0.3) is 0 Å². The standard InChI is InChI=1S/C17H25FN2O/c1-3-5-13-20(14-6-4-2)17(21)19-12-11-15-9-7-8-10-16(15)18/h7-12H,3-6,13-14H2,1-2H3,(H,19,21)/b12-11+. The second-order valence-corrected chi connectivity index (χ2v) is 5.00. The smallest absolute Gasteiger partial charge is 0.321 e. The fraction of sp³-hybridized carbons (Fsp3) is 0.471. The van der Waals surface area contributed by atoms with Crippen LogP contribution in [0.4, 0.5) is 9.18 Å². The summed E-state index contributed by atoms with van der Waals surface area (Å²) in [7, 11) is 0. The maximum absolute atomic E-state index is 13.4. The molecule has 0 aromatic heterocycles. The predicted octanol–water partition coefficient (Wildman–Crippen LogP) is 4.41. The summed E-state index contributed by atoms with van der Waals surface area (Å²) < 4.78 is 13.4. The van der Waals surface area contributed by atoms with Gasteiger partial charge in [0.15, 0.2) is 0 Å². The molecule has 1 rings (SSSR count). The number of carbonyl (C=O) groups is 1. The van der Waals surface area contributed by atoms with E-state index in [1.165, 1.54) is 12.3 Å². The number of rotatable bonds is 8. The average Bonchev–Trinajstić information content (AvgIpc) is 2.49. The molecule has 4 heteroatoms. The van der Waals surface area contributed by atoms with Gasteiger partial charge in [-0.3, -0.25) is 0 Å². The first-order chi connectivity index (χ1) is 10.2. The molecule has 3 nitrogen and oxygen atoms in total. The number of urea groups is 1. The molecule has 0 aliphatic heterocycles. The molecule has 0 aliphatic rings. The van der Waals surface area contributed by atoms with E-state index in [2.05, 4.69) is 19.2 Å². The number of hydrogen-bond donors (Lipinski definition) is 1. The summed E-state index contributed by atoms with van der Waals surface area (Å²) in [6.45, 7) is 5.73. The van der Waals surface area contributed by atoms with Crippen molar-refractivity contribution in [2.45, 2.75) is 39.5 Å². The van der Waals surface area contributed by atoms with Gasteiger partial charge in [-0.2, -0.15) is 0 Å². The number of amides is 2. The van der Waals surface area contributed by atoms with Gasteiger partial charge >= 0.3 is 6.03 Å². The highest BCUT2D eigenvalue weighted by Gasteiger charge is 2.10. The second-order valence-electron chi connectivity index (χ2n) is 5.00. The fourth-order valence-corrected chi connectivity index (χ4v) is 1.92. The lowest BCUT2D eigenvalue weighted by Gasteiger charge is -2.21. The minimum Gasteiger partial charge on any atom is -0.325 e. The summed E-state index contributed by atoms with van der Waals surface area (Å²) in [6, 6.07) is 6.35. The fourth-order valence-electron chi connectivity index (χ4n) is 1.92. The molecule has 21 heavy (non-hydrogen) atoms. The van der Waals surface area contributed by atoms with Gasteiger partial charge in [-0.05, 0) is 25.0 Å². The molecule has 2 amide bonds. The van der Waals surface area contributed by atoms with Crippen molar-refractivity contribution in [1.29, 1.82) is 0 Å². The van der Waals surface area contributed by atoms with E-state index in [4.69, 9.17) is 0 Å². The third-order valence-corrected chi connectivity index (χ3v) is 3.23. The van der Waals surface area contributed by atoms with Crippen LogP contribution in [0.15, 0.2) is 30.5 Å². The highest BCUT2D eigenvalue weighted by atomic mass is 19.1. The van der Waals surface area contributed by atoms with E-state index in [0.717, 1.165) is 38.8 Å². The number of benzene rings is 1. The molecule has 0 bridgehead atoms. The molecule has 1 N–H and O–H groups in total. The zero-order valence-electron chi connectivity index (χ0n) is 12.9. The normalized spacial score (nSPS) is 10.8. The number of unbranched alkanes of at least 4 members (excludes halogenated alkanes) is 2. The quantitative estimate of drug-likeness (QED) is 0.756. The molecule has 0 saturated heterocycles. The maximum Gasteiger partial charge on any atom is 0.321 e. The number of hydrogen-bond acceptors (Lipinski definition) is 1. The summed E-state index contributed by atoms with van der Waals surface area (Å²) in [5.41, 5.74) is 0.464. The van der Waals surface area contributed by atoms with Crippen LogP contribution in [-0.4, -0.2) is 24.0 Å². The van der Waals surface area contributed by atoms with Crippen molar-refractivity contribution in [3.8, 4) is 0 Å². The summed E-state index contributed by atoms with van der Waals surface area (Å²) in [5.74, 6) is -0.295. The molecular weight excluding hydrogens is 267 g/mol. The van der Waals surface area contributed by atoms with E-state index in [-0.39, 0.29) is 11.8 Å². The first-order valence-corrected chi connectivity index (χ1v) is 7.65. The molecule has 0 aliphatic carbocycles. The Kier molecular flexibility index (Phi) is 8.17. The average molecular weight is 292 g/mol. The molecule has 1 aromatic rings. The number of halogens is 1. The van der Waals surface area contributed by atoms with Crippen LogP contribution in [-0.2, 0) is 0 Å². The van der Waals surface area contributed by atoms with Crippen LogP contribution >= 0.6 is 0 Å². The minimum atomic E-state index is -0.295. The monoisotopic (exact) mass is 292 g/mol. The highest BCUT2D eigenvalue weighted by Crippen LogP contribution is 2.07. The number of nitrogens with one attached hydrogen (secondary N) is 1.